The minimum atomic E-state index is 0.0178. The normalized spacial score (nSPS) is 10.0. The van der Waals surface area contributed by atoms with Crippen LogP contribution in [0.3, 0.4) is 0 Å². The number of hydrogen-bond donors (Lipinski definition) is 2. The van der Waals surface area contributed by atoms with Gasteiger partial charge in [-0.05, 0) is 38.6 Å². The molecule has 1 aromatic carbocycles. The number of aryl methyl sites for hydroxylation is 1. The summed E-state index contributed by atoms with van der Waals surface area (Å²) >= 11 is 0. The van der Waals surface area contributed by atoms with Gasteiger partial charge in [0.2, 0.25) is 0 Å². The summed E-state index contributed by atoms with van der Waals surface area (Å²) in [6.45, 7) is 3.59. The fourth-order valence-corrected chi connectivity index (χ4v) is 1.39. The Bertz CT molecular complexity index is 323. The largest absolute Gasteiger partial charge is 0.352 e. The topological polar surface area (TPSA) is 41.1 Å². The van der Waals surface area contributed by atoms with Crippen LogP contribution in [-0.4, -0.2) is 26.0 Å². The lowest BCUT2D eigenvalue weighted by atomic mass is 10.1. The Morgan fingerprint density at radius 2 is 2.00 bits per heavy atom. The molecule has 0 bridgehead atoms. The molecule has 15 heavy (non-hydrogen) atoms. The third-order valence-corrected chi connectivity index (χ3v) is 2.28. The quantitative estimate of drug-likeness (QED) is 0.714. The molecule has 3 nitrogen and oxygen atoms in total. The monoisotopic (exact) mass is 206 g/mol. The van der Waals surface area contributed by atoms with Crippen LogP contribution in [0.5, 0.6) is 0 Å². The highest BCUT2D eigenvalue weighted by atomic mass is 16.1. The summed E-state index contributed by atoms with van der Waals surface area (Å²) in [6, 6.07) is 7.62. The summed E-state index contributed by atoms with van der Waals surface area (Å²) in [6.07, 6.45) is 0.953. The summed E-state index contributed by atoms with van der Waals surface area (Å²) < 4.78 is 0. The van der Waals surface area contributed by atoms with Crippen LogP contribution in [0.15, 0.2) is 24.3 Å². The smallest absolute Gasteiger partial charge is 0.251 e. The lowest BCUT2D eigenvalue weighted by Crippen LogP contribution is -2.27. The van der Waals surface area contributed by atoms with E-state index in [1.54, 1.807) is 0 Å². The van der Waals surface area contributed by atoms with Crippen molar-refractivity contribution in [1.82, 2.24) is 10.6 Å². The van der Waals surface area contributed by atoms with Gasteiger partial charge in [0.1, 0.15) is 0 Å². The Balaban J connectivity index is 2.44. The van der Waals surface area contributed by atoms with Crippen LogP contribution in [-0.2, 0) is 0 Å². The van der Waals surface area contributed by atoms with Crippen molar-refractivity contribution in [2.75, 3.05) is 20.1 Å². The Morgan fingerprint density at radius 1 is 1.27 bits per heavy atom. The average Bonchev–Trinajstić information content (AvgIpc) is 2.25. The van der Waals surface area contributed by atoms with Crippen LogP contribution < -0.4 is 10.6 Å². The Hall–Kier alpha value is -1.35. The van der Waals surface area contributed by atoms with Gasteiger partial charge in [-0.1, -0.05) is 18.2 Å². The van der Waals surface area contributed by atoms with Gasteiger partial charge in [0.15, 0.2) is 0 Å². The molecule has 1 aromatic rings. The molecule has 2 N–H and O–H groups in total. The van der Waals surface area contributed by atoms with Crippen LogP contribution in [0.4, 0.5) is 0 Å². The van der Waals surface area contributed by atoms with E-state index in [2.05, 4.69) is 10.6 Å². The number of hydrogen-bond acceptors (Lipinski definition) is 2. The van der Waals surface area contributed by atoms with Crippen LogP contribution >= 0.6 is 0 Å². The van der Waals surface area contributed by atoms with Gasteiger partial charge in [0, 0.05) is 12.1 Å². The first-order valence-electron chi connectivity index (χ1n) is 5.24. The molecule has 0 heterocycles. The average molecular weight is 206 g/mol. The Labute approximate surface area is 90.9 Å². The second-order valence-corrected chi connectivity index (χ2v) is 3.53. The summed E-state index contributed by atoms with van der Waals surface area (Å²) in [7, 11) is 1.91. The molecule has 1 amide bonds. The first-order valence-corrected chi connectivity index (χ1v) is 5.24. The van der Waals surface area contributed by atoms with Crippen molar-refractivity contribution in [2.24, 2.45) is 0 Å². The summed E-state index contributed by atoms with van der Waals surface area (Å²) in [5.41, 5.74) is 1.78. The van der Waals surface area contributed by atoms with E-state index < -0.39 is 0 Å². The molecule has 0 saturated carbocycles. The van der Waals surface area contributed by atoms with E-state index in [1.807, 2.05) is 38.2 Å². The highest BCUT2D eigenvalue weighted by molar-refractivity contribution is 5.95. The highest BCUT2D eigenvalue weighted by Crippen LogP contribution is 2.06. The molecule has 0 spiro atoms. The lowest BCUT2D eigenvalue weighted by molar-refractivity contribution is 0.0952. The predicted octanol–water partition coefficient (Wildman–Crippen LogP) is 1.33. The third-order valence-electron chi connectivity index (χ3n) is 2.28. The van der Waals surface area contributed by atoms with Gasteiger partial charge >= 0.3 is 0 Å². The number of rotatable bonds is 5. The predicted molar refractivity (Wildman–Crippen MR) is 62.1 cm³/mol. The van der Waals surface area contributed by atoms with E-state index in [-0.39, 0.29) is 5.91 Å². The van der Waals surface area contributed by atoms with E-state index >= 15 is 0 Å². The molecule has 0 aromatic heterocycles. The molecule has 0 aliphatic rings. The molecule has 82 valence electrons. The highest BCUT2D eigenvalue weighted by Gasteiger charge is 2.06. The van der Waals surface area contributed by atoms with E-state index in [1.165, 1.54) is 0 Å². The molecule has 0 atom stereocenters. The zero-order valence-corrected chi connectivity index (χ0v) is 9.34. The number of amides is 1. The maximum atomic E-state index is 11.7. The minimum absolute atomic E-state index is 0.0178. The number of benzene rings is 1. The first kappa shape index (κ1) is 11.7. The molecule has 0 saturated heterocycles. The van der Waals surface area contributed by atoms with E-state index in [0.717, 1.165) is 24.1 Å². The molecule has 0 unspecified atom stereocenters. The maximum absolute atomic E-state index is 11.7. The van der Waals surface area contributed by atoms with Gasteiger partial charge in [-0.2, -0.15) is 0 Å². The second-order valence-electron chi connectivity index (χ2n) is 3.53. The van der Waals surface area contributed by atoms with Gasteiger partial charge in [-0.25, -0.2) is 0 Å². The van der Waals surface area contributed by atoms with Gasteiger partial charge in [0.05, 0.1) is 0 Å². The van der Waals surface area contributed by atoms with Crippen molar-refractivity contribution >= 4 is 5.91 Å². The van der Waals surface area contributed by atoms with E-state index in [4.69, 9.17) is 0 Å². The van der Waals surface area contributed by atoms with Gasteiger partial charge in [0.25, 0.3) is 5.91 Å². The van der Waals surface area contributed by atoms with Gasteiger partial charge < -0.3 is 10.6 Å². The third kappa shape index (κ3) is 3.72. The van der Waals surface area contributed by atoms with Crippen molar-refractivity contribution in [3.63, 3.8) is 0 Å². The maximum Gasteiger partial charge on any atom is 0.251 e. The number of carbonyl (C=O) groups excluding carboxylic acids is 1. The SMILES string of the molecule is CNCCCNC(=O)c1ccccc1C. The van der Waals surface area contributed by atoms with Crippen LogP contribution in [0.25, 0.3) is 0 Å². The van der Waals surface area contributed by atoms with Gasteiger partial charge in [-0.3, -0.25) is 4.79 Å². The standard InChI is InChI=1S/C12H18N2O/c1-10-6-3-4-7-11(10)12(15)14-9-5-8-13-2/h3-4,6-7,13H,5,8-9H2,1-2H3,(H,14,15). The summed E-state index contributed by atoms with van der Waals surface area (Å²) in [5, 5.41) is 5.94. The molecule has 1 rings (SSSR count). The Kier molecular flexibility index (Phi) is 4.84. The number of nitrogens with one attached hydrogen (secondary N) is 2. The van der Waals surface area contributed by atoms with Gasteiger partial charge in [-0.15, -0.1) is 0 Å². The summed E-state index contributed by atoms with van der Waals surface area (Å²) in [5.74, 6) is 0.0178. The Morgan fingerprint density at radius 3 is 2.67 bits per heavy atom. The van der Waals surface area contributed by atoms with Crippen LogP contribution in [0.2, 0.25) is 0 Å². The van der Waals surface area contributed by atoms with Crippen molar-refractivity contribution < 1.29 is 4.79 Å². The second kappa shape index (κ2) is 6.19. The lowest BCUT2D eigenvalue weighted by Gasteiger charge is -2.06. The molecule has 0 aliphatic heterocycles. The molecule has 0 aliphatic carbocycles. The first-order chi connectivity index (χ1) is 7.25. The van der Waals surface area contributed by atoms with Crippen molar-refractivity contribution in [3.05, 3.63) is 35.4 Å². The van der Waals surface area contributed by atoms with E-state index in [0.29, 0.717) is 6.54 Å². The fraction of sp³-hybridized carbons (Fsp3) is 0.417. The minimum Gasteiger partial charge on any atom is -0.352 e. The molecule has 0 fully saturated rings. The molecule has 0 radical (unpaired) electrons. The number of carbonyl (C=O) groups is 1. The van der Waals surface area contributed by atoms with Crippen molar-refractivity contribution in [1.29, 1.82) is 0 Å². The zero-order chi connectivity index (χ0) is 11.1. The summed E-state index contributed by atoms with van der Waals surface area (Å²) in [4.78, 5) is 11.7. The van der Waals surface area contributed by atoms with E-state index in [9.17, 15) is 4.79 Å². The molecule has 3 heteroatoms. The fourth-order valence-electron chi connectivity index (χ4n) is 1.39. The van der Waals surface area contributed by atoms with Crippen molar-refractivity contribution in [2.45, 2.75) is 13.3 Å². The molecular weight excluding hydrogens is 188 g/mol. The van der Waals surface area contributed by atoms with Crippen molar-refractivity contribution in [3.8, 4) is 0 Å². The molecular formula is C12H18N2O. The van der Waals surface area contributed by atoms with Crippen LogP contribution in [0.1, 0.15) is 22.3 Å². The van der Waals surface area contributed by atoms with Crippen LogP contribution in [0, 0.1) is 6.92 Å². The zero-order valence-electron chi connectivity index (χ0n) is 9.34.